The van der Waals surface area contributed by atoms with Gasteiger partial charge in [-0.1, -0.05) is 30.3 Å². The predicted molar refractivity (Wildman–Crippen MR) is 80.7 cm³/mol. The van der Waals surface area contributed by atoms with Crippen molar-refractivity contribution in [3.8, 4) is 0 Å². The lowest BCUT2D eigenvalue weighted by Crippen LogP contribution is -2.59. The molecule has 0 saturated carbocycles. The standard InChI is InChI=1S/C16H20N2O5/c19-14-9-23-16(10-17-14)11-18(6-7-21-12-16)15(20)22-8-13-4-2-1-3-5-13/h1-5H,6-12H2,(H,17,19)/t16-/m1/s1. The molecule has 7 heteroatoms. The van der Waals surface area contributed by atoms with Gasteiger partial charge in [0.25, 0.3) is 0 Å². The average Bonchev–Trinajstić information content (AvgIpc) is 2.80. The molecule has 2 heterocycles. The van der Waals surface area contributed by atoms with Gasteiger partial charge in [-0.2, -0.15) is 0 Å². The molecule has 1 N–H and O–H groups in total. The third-order valence-electron chi connectivity index (χ3n) is 3.93. The predicted octanol–water partition coefficient (Wildman–Crippen LogP) is 0.541. The van der Waals surface area contributed by atoms with Crippen LogP contribution in [0.15, 0.2) is 30.3 Å². The number of hydrogen-bond acceptors (Lipinski definition) is 5. The molecular formula is C16H20N2O5. The molecule has 1 aromatic rings. The van der Waals surface area contributed by atoms with Gasteiger partial charge in [-0.05, 0) is 5.56 Å². The molecule has 0 radical (unpaired) electrons. The summed E-state index contributed by atoms with van der Waals surface area (Å²) in [5.41, 5.74) is 0.235. The number of hydrogen-bond donors (Lipinski definition) is 1. The highest BCUT2D eigenvalue weighted by Crippen LogP contribution is 2.20. The lowest BCUT2D eigenvalue weighted by atomic mass is 10.0. The maximum absolute atomic E-state index is 12.3. The molecule has 124 valence electrons. The average molecular weight is 320 g/mol. The van der Waals surface area contributed by atoms with E-state index in [4.69, 9.17) is 14.2 Å². The lowest BCUT2D eigenvalue weighted by molar-refractivity contribution is -0.151. The van der Waals surface area contributed by atoms with Gasteiger partial charge in [0.1, 0.15) is 18.8 Å². The minimum atomic E-state index is -0.698. The maximum Gasteiger partial charge on any atom is 0.410 e. The van der Waals surface area contributed by atoms with Gasteiger partial charge in [-0.15, -0.1) is 0 Å². The van der Waals surface area contributed by atoms with E-state index in [1.807, 2.05) is 30.3 Å². The molecule has 0 aromatic heterocycles. The zero-order valence-electron chi connectivity index (χ0n) is 12.8. The Labute approximate surface area is 134 Å². The summed E-state index contributed by atoms with van der Waals surface area (Å²) in [6, 6.07) is 9.52. The smallest absolute Gasteiger partial charge is 0.410 e. The zero-order valence-corrected chi connectivity index (χ0v) is 12.8. The van der Waals surface area contributed by atoms with Crippen LogP contribution < -0.4 is 5.32 Å². The normalized spacial score (nSPS) is 24.9. The van der Waals surface area contributed by atoms with E-state index in [2.05, 4.69) is 5.32 Å². The lowest BCUT2D eigenvalue weighted by Gasteiger charge is -2.37. The largest absolute Gasteiger partial charge is 0.445 e. The Bertz CT molecular complexity index is 553. The van der Waals surface area contributed by atoms with E-state index in [0.717, 1.165) is 5.56 Å². The van der Waals surface area contributed by atoms with Crippen molar-refractivity contribution < 1.29 is 23.8 Å². The fourth-order valence-corrected chi connectivity index (χ4v) is 2.65. The molecule has 7 nitrogen and oxygen atoms in total. The summed E-state index contributed by atoms with van der Waals surface area (Å²) in [7, 11) is 0. The molecular weight excluding hydrogens is 300 g/mol. The maximum atomic E-state index is 12.3. The van der Waals surface area contributed by atoms with E-state index in [0.29, 0.717) is 32.8 Å². The first-order valence-corrected chi connectivity index (χ1v) is 7.61. The Morgan fingerprint density at radius 3 is 2.91 bits per heavy atom. The Kier molecular flexibility index (Phi) is 4.78. The second-order valence-electron chi connectivity index (χ2n) is 5.76. The van der Waals surface area contributed by atoms with Gasteiger partial charge in [0.05, 0.1) is 26.3 Å². The molecule has 2 saturated heterocycles. The van der Waals surface area contributed by atoms with Gasteiger partial charge in [0.2, 0.25) is 5.91 Å². The van der Waals surface area contributed by atoms with Crippen molar-refractivity contribution in [2.24, 2.45) is 0 Å². The molecule has 2 amide bonds. The molecule has 2 fully saturated rings. The number of benzene rings is 1. The van der Waals surface area contributed by atoms with Gasteiger partial charge >= 0.3 is 6.09 Å². The number of nitrogens with zero attached hydrogens (tertiary/aromatic N) is 1. The van der Waals surface area contributed by atoms with Gasteiger partial charge in [0.15, 0.2) is 0 Å². The van der Waals surface area contributed by atoms with Crippen LogP contribution in [0.1, 0.15) is 5.56 Å². The molecule has 1 atom stereocenters. The van der Waals surface area contributed by atoms with E-state index in [1.165, 1.54) is 0 Å². The number of rotatable bonds is 2. The van der Waals surface area contributed by atoms with Crippen molar-refractivity contribution in [2.75, 3.05) is 39.5 Å². The van der Waals surface area contributed by atoms with Crippen LogP contribution in [0.3, 0.4) is 0 Å². The highest BCUT2D eigenvalue weighted by atomic mass is 16.6. The second-order valence-corrected chi connectivity index (χ2v) is 5.76. The van der Waals surface area contributed by atoms with Crippen LogP contribution in [0, 0.1) is 0 Å². The third-order valence-corrected chi connectivity index (χ3v) is 3.93. The number of carbonyl (C=O) groups excluding carboxylic acids is 2. The molecule has 0 unspecified atom stereocenters. The summed E-state index contributed by atoms with van der Waals surface area (Å²) in [6.45, 7) is 2.06. The van der Waals surface area contributed by atoms with Crippen molar-refractivity contribution in [1.29, 1.82) is 0 Å². The summed E-state index contributed by atoms with van der Waals surface area (Å²) in [6.07, 6.45) is -0.403. The third kappa shape index (κ3) is 4.00. The summed E-state index contributed by atoms with van der Waals surface area (Å²) in [4.78, 5) is 25.2. The fourth-order valence-electron chi connectivity index (χ4n) is 2.65. The SMILES string of the molecule is O=C1CO[C@@]2(CN1)COCCN(C(=O)OCc1ccccc1)C2. The van der Waals surface area contributed by atoms with Crippen LogP contribution in [0.2, 0.25) is 0 Å². The van der Waals surface area contributed by atoms with E-state index < -0.39 is 11.7 Å². The summed E-state index contributed by atoms with van der Waals surface area (Å²) < 4.78 is 16.6. The van der Waals surface area contributed by atoms with Crippen LogP contribution in [0.25, 0.3) is 0 Å². The van der Waals surface area contributed by atoms with Crippen LogP contribution >= 0.6 is 0 Å². The number of amides is 2. The number of ether oxygens (including phenoxy) is 3. The Morgan fingerprint density at radius 1 is 1.35 bits per heavy atom. The molecule has 2 aliphatic heterocycles. The topological polar surface area (TPSA) is 77.1 Å². The quantitative estimate of drug-likeness (QED) is 0.861. The Hall–Kier alpha value is -2.12. The molecule has 3 rings (SSSR count). The van der Waals surface area contributed by atoms with Crippen LogP contribution in [-0.4, -0.2) is 62.0 Å². The monoisotopic (exact) mass is 320 g/mol. The molecule has 23 heavy (non-hydrogen) atoms. The highest BCUT2D eigenvalue weighted by Gasteiger charge is 2.41. The van der Waals surface area contributed by atoms with E-state index >= 15 is 0 Å². The fraction of sp³-hybridized carbons (Fsp3) is 0.500. The van der Waals surface area contributed by atoms with Crippen molar-refractivity contribution in [1.82, 2.24) is 10.2 Å². The van der Waals surface area contributed by atoms with Crippen LogP contribution in [-0.2, 0) is 25.6 Å². The number of carbonyl (C=O) groups is 2. The summed E-state index contributed by atoms with van der Waals surface area (Å²) in [5, 5.41) is 2.76. The second kappa shape index (κ2) is 6.97. The molecule has 0 bridgehead atoms. The summed E-state index contributed by atoms with van der Waals surface area (Å²) >= 11 is 0. The van der Waals surface area contributed by atoms with Gasteiger partial charge in [-0.25, -0.2) is 4.79 Å². The van der Waals surface area contributed by atoms with E-state index in [-0.39, 0.29) is 19.1 Å². The van der Waals surface area contributed by atoms with Crippen molar-refractivity contribution in [2.45, 2.75) is 12.2 Å². The molecule has 2 aliphatic rings. The van der Waals surface area contributed by atoms with Crippen molar-refractivity contribution in [3.05, 3.63) is 35.9 Å². The minimum absolute atomic E-state index is 0.0176. The van der Waals surface area contributed by atoms with Crippen LogP contribution in [0.4, 0.5) is 4.79 Å². The molecule has 1 spiro atoms. The molecule has 1 aromatic carbocycles. The zero-order chi connectivity index (χ0) is 16.1. The number of nitrogens with one attached hydrogen (secondary N) is 1. The first-order chi connectivity index (χ1) is 11.2. The van der Waals surface area contributed by atoms with E-state index in [9.17, 15) is 9.59 Å². The van der Waals surface area contributed by atoms with Gasteiger partial charge < -0.3 is 24.4 Å². The molecule has 0 aliphatic carbocycles. The minimum Gasteiger partial charge on any atom is -0.445 e. The van der Waals surface area contributed by atoms with Gasteiger partial charge in [0, 0.05) is 6.54 Å². The van der Waals surface area contributed by atoms with E-state index in [1.54, 1.807) is 4.90 Å². The first-order valence-electron chi connectivity index (χ1n) is 7.61. The highest BCUT2D eigenvalue weighted by molar-refractivity contribution is 5.78. The van der Waals surface area contributed by atoms with Crippen molar-refractivity contribution >= 4 is 12.0 Å². The Morgan fingerprint density at radius 2 is 2.17 bits per heavy atom. The van der Waals surface area contributed by atoms with Crippen LogP contribution in [0.5, 0.6) is 0 Å². The summed E-state index contributed by atoms with van der Waals surface area (Å²) in [5.74, 6) is -0.155. The Balaban J connectivity index is 1.59. The number of morpholine rings is 1. The first kappa shape index (κ1) is 15.8. The van der Waals surface area contributed by atoms with Gasteiger partial charge in [-0.3, -0.25) is 4.79 Å². The van der Waals surface area contributed by atoms with Crippen molar-refractivity contribution in [3.63, 3.8) is 0 Å².